The summed E-state index contributed by atoms with van der Waals surface area (Å²) in [4.78, 5) is 13.0. The molecule has 1 saturated heterocycles. The fourth-order valence-electron chi connectivity index (χ4n) is 6.96. The zero-order valence-corrected chi connectivity index (χ0v) is 34.7. The molecule has 1 aliphatic rings. The van der Waals surface area contributed by atoms with Gasteiger partial charge >= 0.3 is 0 Å². The molecule has 0 aromatic heterocycles. The molecule has 0 aromatic carbocycles. The van der Waals surface area contributed by atoms with Gasteiger partial charge in [-0.3, -0.25) is 4.79 Å². The lowest BCUT2D eigenvalue weighted by Gasteiger charge is -2.40. The molecule has 324 valence electrons. The molecule has 55 heavy (non-hydrogen) atoms. The molecule has 8 N–H and O–H groups in total. The lowest BCUT2D eigenvalue weighted by molar-refractivity contribution is -0.303. The maximum absolute atomic E-state index is 13.0. The first-order valence-corrected chi connectivity index (χ1v) is 22.2. The van der Waals surface area contributed by atoms with Crippen LogP contribution in [0.3, 0.4) is 0 Å². The van der Waals surface area contributed by atoms with E-state index >= 15 is 0 Å². The molecular formula is C44H83NO10. The van der Waals surface area contributed by atoms with Gasteiger partial charge in [0.2, 0.25) is 5.91 Å². The normalized spacial score (nSPS) is 22.7. The zero-order valence-electron chi connectivity index (χ0n) is 34.7. The molecular weight excluding hydrogens is 702 g/mol. The maximum atomic E-state index is 13.0. The van der Waals surface area contributed by atoms with Gasteiger partial charge in [0.1, 0.15) is 36.6 Å². The molecule has 1 heterocycles. The molecule has 9 unspecified atom stereocenters. The SMILES string of the molecule is CCCCCCCC/C=C/CCCC(O)C(O)C(COC1OC(CO)C(O)C(O)C1O)NC(=O)C(O)CCCCCC/C=C\CCCCCCCCCCC. The number of hydrogen-bond acceptors (Lipinski definition) is 10. The van der Waals surface area contributed by atoms with E-state index < -0.39 is 74.2 Å². The lowest BCUT2D eigenvalue weighted by atomic mass is 9.98. The number of aliphatic hydroxyl groups is 7. The van der Waals surface area contributed by atoms with Gasteiger partial charge in [0.05, 0.1) is 25.4 Å². The van der Waals surface area contributed by atoms with Gasteiger partial charge in [-0.1, -0.05) is 141 Å². The fourth-order valence-corrected chi connectivity index (χ4v) is 6.96. The molecule has 0 spiro atoms. The largest absolute Gasteiger partial charge is 0.394 e. The van der Waals surface area contributed by atoms with Gasteiger partial charge in [0.15, 0.2) is 6.29 Å². The van der Waals surface area contributed by atoms with Crippen LogP contribution in [0.5, 0.6) is 0 Å². The van der Waals surface area contributed by atoms with E-state index in [2.05, 4.69) is 43.5 Å². The van der Waals surface area contributed by atoms with E-state index in [9.17, 15) is 40.5 Å². The third-order valence-corrected chi connectivity index (χ3v) is 10.7. The average Bonchev–Trinajstić information content (AvgIpc) is 3.18. The molecule has 1 fully saturated rings. The summed E-state index contributed by atoms with van der Waals surface area (Å²) < 4.78 is 11.0. The van der Waals surface area contributed by atoms with E-state index in [0.29, 0.717) is 12.8 Å². The van der Waals surface area contributed by atoms with E-state index in [-0.39, 0.29) is 12.8 Å². The number of ether oxygens (including phenoxy) is 2. The zero-order chi connectivity index (χ0) is 40.5. The standard InChI is InChI=1S/C44H83NO10/c1-3-5-7-9-11-13-15-16-17-18-19-20-22-24-26-28-30-32-37(48)43(53)45-35(34-54-44-42(52)41(51)40(50)38(33-46)55-44)39(49)36(47)31-29-27-25-23-21-14-12-10-8-6-4-2/h19-20,23,25,35-42,44,46-52H,3-18,21-22,24,26-34H2,1-2H3,(H,45,53)/b20-19-,25-23+. The second-order valence-electron chi connectivity index (χ2n) is 15.8. The number of carbonyl (C=O) groups excluding carboxylic acids is 1. The van der Waals surface area contributed by atoms with Crippen molar-refractivity contribution in [2.45, 2.75) is 236 Å². The molecule has 1 aliphatic heterocycles. The van der Waals surface area contributed by atoms with Gasteiger partial charge < -0.3 is 50.5 Å². The molecule has 0 aliphatic carbocycles. The minimum absolute atomic E-state index is 0.240. The first-order chi connectivity index (χ1) is 26.7. The fraction of sp³-hybridized carbons (Fsp3) is 0.886. The number of aliphatic hydroxyl groups excluding tert-OH is 7. The number of nitrogens with one attached hydrogen (secondary N) is 1. The van der Waals surface area contributed by atoms with Crippen LogP contribution >= 0.6 is 0 Å². The Hall–Kier alpha value is -1.41. The van der Waals surface area contributed by atoms with Crippen molar-refractivity contribution in [3.8, 4) is 0 Å². The third kappa shape index (κ3) is 24.9. The van der Waals surface area contributed by atoms with Crippen molar-refractivity contribution in [3.63, 3.8) is 0 Å². The molecule has 0 radical (unpaired) electrons. The van der Waals surface area contributed by atoms with Crippen LogP contribution in [0.15, 0.2) is 24.3 Å². The molecule has 1 rings (SSSR count). The van der Waals surface area contributed by atoms with E-state index in [0.717, 1.165) is 51.4 Å². The van der Waals surface area contributed by atoms with Gasteiger partial charge in [0.25, 0.3) is 0 Å². The minimum atomic E-state index is -1.67. The second kappa shape index (κ2) is 34.6. The van der Waals surface area contributed by atoms with Crippen LogP contribution in [0.2, 0.25) is 0 Å². The van der Waals surface area contributed by atoms with Crippen LogP contribution < -0.4 is 5.32 Å². The van der Waals surface area contributed by atoms with E-state index in [1.54, 1.807) is 0 Å². The summed E-state index contributed by atoms with van der Waals surface area (Å²) in [6, 6.07) is -1.19. The molecule has 11 heteroatoms. The second-order valence-corrected chi connectivity index (χ2v) is 15.8. The maximum Gasteiger partial charge on any atom is 0.249 e. The minimum Gasteiger partial charge on any atom is -0.394 e. The highest BCUT2D eigenvalue weighted by Gasteiger charge is 2.44. The molecule has 0 bridgehead atoms. The first kappa shape index (κ1) is 51.6. The summed E-state index contributed by atoms with van der Waals surface area (Å²) in [6.07, 6.45) is 25.2. The Labute approximate surface area is 334 Å². The van der Waals surface area contributed by atoms with E-state index in [1.165, 1.54) is 89.9 Å². The highest BCUT2D eigenvalue weighted by Crippen LogP contribution is 2.23. The number of allylic oxidation sites excluding steroid dienone is 4. The third-order valence-electron chi connectivity index (χ3n) is 10.7. The topological polar surface area (TPSA) is 189 Å². The van der Waals surface area contributed by atoms with Crippen molar-refractivity contribution in [3.05, 3.63) is 24.3 Å². The molecule has 0 saturated carbocycles. The predicted molar refractivity (Wildman–Crippen MR) is 219 cm³/mol. The quantitative estimate of drug-likeness (QED) is 0.0252. The number of hydrogen-bond donors (Lipinski definition) is 8. The van der Waals surface area contributed by atoms with Crippen LogP contribution in [-0.4, -0.2) is 110 Å². The number of carbonyl (C=O) groups is 1. The van der Waals surface area contributed by atoms with Crippen molar-refractivity contribution < 1.29 is 50.0 Å². The molecule has 1 amide bonds. The Morgan fingerprint density at radius 2 is 1.07 bits per heavy atom. The van der Waals surface area contributed by atoms with E-state index in [4.69, 9.17) is 9.47 Å². The van der Waals surface area contributed by atoms with Crippen molar-refractivity contribution in [1.82, 2.24) is 5.32 Å². The van der Waals surface area contributed by atoms with Crippen molar-refractivity contribution in [2.75, 3.05) is 13.2 Å². The highest BCUT2D eigenvalue weighted by atomic mass is 16.7. The van der Waals surface area contributed by atoms with E-state index in [1.807, 2.05) is 0 Å². The Morgan fingerprint density at radius 3 is 1.56 bits per heavy atom. The Balaban J connectivity index is 2.49. The van der Waals surface area contributed by atoms with Gasteiger partial charge in [-0.2, -0.15) is 0 Å². The summed E-state index contributed by atoms with van der Waals surface area (Å²) in [6.45, 7) is 3.38. The molecule has 0 aromatic rings. The lowest BCUT2D eigenvalue weighted by Crippen LogP contribution is -2.60. The van der Waals surface area contributed by atoms with Gasteiger partial charge in [-0.05, 0) is 64.2 Å². The van der Waals surface area contributed by atoms with Crippen molar-refractivity contribution >= 4 is 5.91 Å². The Kier molecular flexibility index (Phi) is 32.5. The number of amides is 1. The summed E-state index contributed by atoms with van der Waals surface area (Å²) in [5.41, 5.74) is 0. The van der Waals surface area contributed by atoms with Crippen LogP contribution in [0, 0.1) is 0 Å². The van der Waals surface area contributed by atoms with Gasteiger partial charge in [-0.15, -0.1) is 0 Å². The smallest absolute Gasteiger partial charge is 0.249 e. The number of rotatable bonds is 36. The highest BCUT2D eigenvalue weighted by molar-refractivity contribution is 5.80. The van der Waals surface area contributed by atoms with Crippen molar-refractivity contribution in [1.29, 1.82) is 0 Å². The van der Waals surface area contributed by atoms with Crippen LogP contribution in [0.25, 0.3) is 0 Å². The van der Waals surface area contributed by atoms with Crippen LogP contribution in [0.4, 0.5) is 0 Å². The summed E-state index contributed by atoms with van der Waals surface area (Å²) in [5, 5.41) is 75.4. The summed E-state index contributed by atoms with van der Waals surface area (Å²) in [7, 11) is 0. The summed E-state index contributed by atoms with van der Waals surface area (Å²) in [5.74, 6) is -0.717. The molecule has 9 atom stereocenters. The van der Waals surface area contributed by atoms with Crippen molar-refractivity contribution in [2.24, 2.45) is 0 Å². The predicted octanol–water partition coefficient (Wildman–Crippen LogP) is 6.67. The monoisotopic (exact) mass is 786 g/mol. The van der Waals surface area contributed by atoms with Gasteiger partial charge in [0, 0.05) is 0 Å². The number of unbranched alkanes of at least 4 members (excludes halogenated alkanes) is 20. The first-order valence-electron chi connectivity index (χ1n) is 22.2. The van der Waals surface area contributed by atoms with Gasteiger partial charge in [-0.25, -0.2) is 0 Å². The average molecular weight is 786 g/mol. The summed E-state index contributed by atoms with van der Waals surface area (Å²) >= 11 is 0. The Morgan fingerprint density at radius 1 is 0.618 bits per heavy atom. The molecule has 11 nitrogen and oxygen atoms in total. The van der Waals surface area contributed by atoms with Crippen LogP contribution in [0.1, 0.15) is 181 Å². The van der Waals surface area contributed by atoms with Crippen LogP contribution in [-0.2, 0) is 14.3 Å². The Bertz CT molecular complexity index is 950.